The summed E-state index contributed by atoms with van der Waals surface area (Å²) in [5, 5.41) is 4.63. The lowest BCUT2D eigenvalue weighted by molar-refractivity contribution is 0.531. The molecule has 114 valence electrons. The first-order valence-corrected chi connectivity index (χ1v) is 8.36. The molecule has 1 aromatic carbocycles. The van der Waals surface area contributed by atoms with Crippen molar-refractivity contribution >= 4 is 11.6 Å². The Morgan fingerprint density at radius 1 is 1.19 bits per heavy atom. The van der Waals surface area contributed by atoms with E-state index in [4.69, 9.17) is 11.6 Å². The molecule has 0 amide bonds. The molecule has 0 spiro atoms. The molecule has 2 rings (SSSR count). The van der Waals surface area contributed by atoms with E-state index in [2.05, 4.69) is 60.9 Å². The third-order valence-electron chi connectivity index (χ3n) is 3.90. The molecule has 2 aromatic rings. The van der Waals surface area contributed by atoms with Crippen LogP contribution in [0.5, 0.6) is 0 Å². The van der Waals surface area contributed by atoms with Crippen molar-refractivity contribution in [1.82, 2.24) is 9.78 Å². The van der Waals surface area contributed by atoms with Crippen LogP contribution in [0.25, 0.3) is 0 Å². The topological polar surface area (TPSA) is 17.8 Å². The molecule has 2 nitrogen and oxygen atoms in total. The van der Waals surface area contributed by atoms with Crippen molar-refractivity contribution in [3.63, 3.8) is 0 Å². The molecule has 0 saturated heterocycles. The number of hydrogen-bond donors (Lipinski definition) is 0. The summed E-state index contributed by atoms with van der Waals surface area (Å²) in [6.07, 6.45) is 3.02. The molecule has 0 bridgehead atoms. The van der Waals surface area contributed by atoms with Crippen LogP contribution < -0.4 is 0 Å². The van der Waals surface area contributed by atoms with Gasteiger partial charge in [-0.15, -0.1) is 11.6 Å². The van der Waals surface area contributed by atoms with Gasteiger partial charge in [-0.1, -0.05) is 36.8 Å². The Bertz CT molecular complexity index is 574. The summed E-state index contributed by atoms with van der Waals surface area (Å²) in [7, 11) is 0. The van der Waals surface area contributed by atoms with Crippen molar-refractivity contribution in [2.75, 3.05) is 5.88 Å². The maximum absolute atomic E-state index is 6.21. The molecular weight excluding hydrogens is 280 g/mol. The van der Waals surface area contributed by atoms with Gasteiger partial charge in [-0.3, -0.25) is 4.68 Å². The molecule has 1 atom stereocenters. The van der Waals surface area contributed by atoms with Crippen molar-refractivity contribution in [2.45, 2.75) is 46.6 Å². The molecule has 0 radical (unpaired) electrons. The molecule has 1 aromatic heterocycles. The summed E-state index contributed by atoms with van der Waals surface area (Å²) in [5.74, 6) is 1.14. The van der Waals surface area contributed by atoms with Crippen LogP contribution in [-0.2, 0) is 25.8 Å². The van der Waals surface area contributed by atoms with Crippen molar-refractivity contribution in [2.24, 2.45) is 5.92 Å². The van der Waals surface area contributed by atoms with Gasteiger partial charge in [0.1, 0.15) is 0 Å². The van der Waals surface area contributed by atoms with E-state index < -0.39 is 0 Å². The van der Waals surface area contributed by atoms with Crippen LogP contribution in [0.4, 0.5) is 0 Å². The molecule has 0 fully saturated rings. The van der Waals surface area contributed by atoms with Crippen molar-refractivity contribution in [3.05, 3.63) is 52.8 Å². The van der Waals surface area contributed by atoms with Crippen LogP contribution in [0.3, 0.4) is 0 Å². The lowest BCUT2D eigenvalue weighted by atomic mass is 9.95. The molecule has 1 heterocycles. The Kier molecular flexibility index (Phi) is 5.86. The highest BCUT2D eigenvalue weighted by Crippen LogP contribution is 2.18. The second-order valence-electron chi connectivity index (χ2n) is 5.71. The summed E-state index contributed by atoms with van der Waals surface area (Å²) < 4.78 is 2.12. The Hall–Kier alpha value is -1.28. The highest BCUT2D eigenvalue weighted by molar-refractivity contribution is 6.18. The van der Waals surface area contributed by atoms with E-state index in [1.165, 1.54) is 22.5 Å². The Morgan fingerprint density at radius 2 is 2.00 bits per heavy atom. The zero-order valence-corrected chi connectivity index (χ0v) is 14.0. The lowest BCUT2D eigenvalue weighted by Gasteiger charge is -2.15. The number of rotatable bonds is 7. The van der Waals surface area contributed by atoms with Gasteiger partial charge in [0.05, 0.1) is 5.69 Å². The van der Waals surface area contributed by atoms with E-state index in [-0.39, 0.29) is 0 Å². The van der Waals surface area contributed by atoms with Gasteiger partial charge < -0.3 is 0 Å². The monoisotopic (exact) mass is 304 g/mol. The standard InChI is InChI=1S/C18H25ClN2/c1-4-17-12-18(21(5-2)20-17)11-16(13-19)10-15-8-6-7-14(3)9-15/h6-9,12,16H,4-5,10-11,13H2,1-3H3. The van der Waals surface area contributed by atoms with E-state index >= 15 is 0 Å². The number of hydrogen-bond acceptors (Lipinski definition) is 1. The van der Waals surface area contributed by atoms with E-state index in [1.807, 2.05) is 0 Å². The van der Waals surface area contributed by atoms with Crippen LogP contribution in [-0.4, -0.2) is 15.7 Å². The largest absolute Gasteiger partial charge is 0.270 e. The summed E-state index contributed by atoms with van der Waals surface area (Å²) >= 11 is 6.21. The summed E-state index contributed by atoms with van der Waals surface area (Å²) in [6.45, 7) is 7.36. The number of aryl methyl sites for hydroxylation is 3. The van der Waals surface area contributed by atoms with Crippen LogP contribution >= 0.6 is 11.6 Å². The van der Waals surface area contributed by atoms with E-state index in [0.717, 1.165) is 25.8 Å². The molecule has 0 aliphatic heterocycles. The van der Waals surface area contributed by atoms with Crippen molar-refractivity contribution in [1.29, 1.82) is 0 Å². The number of halogens is 1. The average Bonchev–Trinajstić information content (AvgIpc) is 2.88. The molecule has 3 heteroatoms. The van der Waals surface area contributed by atoms with Crippen LogP contribution in [0.1, 0.15) is 36.4 Å². The fourth-order valence-corrected chi connectivity index (χ4v) is 2.99. The van der Waals surface area contributed by atoms with Crippen molar-refractivity contribution < 1.29 is 0 Å². The first-order chi connectivity index (χ1) is 10.2. The quantitative estimate of drug-likeness (QED) is 0.693. The molecule has 0 saturated carbocycles. The summed E-state index contributed by atoms with van der Waals surface area (Å²) in [4.78, 5) is 0. The van der Waals surface area contributed by atoms with Crippen LogP contribution in [0.2, 0.25) is 0 Å². The minimum atomic E-state index is 0.458. The predicted molar refractivity (Wildman–Crippen MR) is 90.1 cm³/mol. The fraction of sp³-hybridized carbons (Fsp3) is 0.500. The molecule has 1 unspecified atom stereocenters. The predicted octanol–water partition coefficient (Wildman–Crippen LogP) is 4.41. The molecular formula is C18H25ClN2. The molecule has 21 heavy (non-hydrogen) atoms. The smallest absolute Gasteiger partial charge is 0.0624 e. The van der Waals surface area contributed by atoms with Gasteiger partial charge in [0.2, 0.25) is 0 Å². The van der Waals surface area contributed by atoms with E-state index in [0.29, 0.717) is 11.8 Å². The number of benzene rings is 1. The third-order valence-corrected chi connectivity index (χ3v) is 4.34. The minimum Gasteiger partial charge on any atom is -0.270 e. The van der Waals surface area contributed by atoms with Gasteiger partial charge in [0.25, 0.3) is 0 Å². The Labute approximate surface area is 133 Å². The van der Waals surface area contributed by atoms with E-state index in [9.17, 15) is 0 Å². The minimum absolute atomic E-state index is 0.458. The molecule has 0 aliphatic rings. The fourth-order valence-electron chi connectivity index (χ4n) is 2.78. The van der Waals surface area contributed by atoms with Crippen LogP contribution in [0, 0.1) is 12.8 Å². The van der Waals surface area contributed by atoms with Gasteiger partial charge >= 0.3 is 0 Å². The SMILES string of the molecule is CCc1cc(CC(CCl)Cc2cccc(C)c2)n(CC)n1. The first-order valence-electron chi connectivity index (χ1n) is 7.83. The second kappa shape index (κ2) is 7.65. The van der Waals surface area contributed by atoms with Gasteiger partial charge in [-0.25, -0.2) is 0 Å². The maximum Gasteiger partial charge on any atom is 0.0624 e. The lowest BCUT2D eigenvalue weighted by Crippen LogP contribution is -2.14. The number of nitrogens with zero attached hydrogens (tertiary/aromatic N) is 2. The normalized spacial score (nSPS) is 12.6. The van der Waals surface area contributed by atoms with Crippen LogP contribution in [0.15, 0.2) is 30.3 Å². The van der Waals surface area contributed by atoms with Gasteiger partial charge in [-0.05, 0) is 50.7 Å². The first kappa shape index (κ1) is 16.1. The average molecular weight is 305 g/mol. The summed E-state index contributed by atoms with van der Waals surface area (Å²) in [6, 6.07) is 11.0. The molecule has 0 N–H and O–H groups in total. The highest BCUT2D eigenvalue weighted by atomic mass is 35.5. The van der Waals surface area contributed by atoms with E-state index in [1.54, 1.807) is 0 Å². The number of aromatic nitrogens is 2. The zero-order valence-electron chi connectivity index (χ0n) is 13.3. The second-order valence-corrected chi connectivity index (χ2v) is 6.02. The van der Waals surface area contributed by atoms with Gasteiger partial charge in [0, 0.05) is 18.1 Å². The Balaban J connectivity index is 2.10. The van der Waals surface area contributed by atoms with Gasteiger partial charge in [0.15, 0.2) is 0 Å². The van der Waals surface area contributed by atoms with Crippen molar-refractivity contribution in [3.8, 4) is 0 Å². The highest BCUT2D eigenvalue weighted by Gasteiger charge is 2.14. The maximum atomic E-state index is 6.21. The molecule has 0 aliphatic carbocycles. The van der Waals surface area contributed by atoms with Gasteiger partial charge in [-0.2, -0.15) is 5.10 Å². The Morgan fingerprint density at radius 3 is 2.62 bits per heavy atom. The zero-order chi connectivity index (χ0) is 15.2. The summed E-state index contributed by atoms with van der Waals surface area (Å²) in [5.41, 5.74) is 5.18. The number of alkyl halides is 1. The third kappa shape index (κ3) is 4.34.